The van der Waals surface area contributed by atoms with Crippen LogP contribution >= 0.6 is 0 Å². The molecule has 5 heterocycles. The molecule has 0 saturated carbocycles. The van der Waals surface area contributed by atoms with Crippen LogP contribution in [-0.2, 0) is 25.7 Å². The quantitative estimate of drug-likeness (QED) is 0.380. The van der Waals surface area contributed by atoms with E-state index in [2.05, 4.69) is 27.7 Å². The molecule has 0 atom stereocenters. The van der Waals surface area contributed by atoms with Gasteiger partial charge in [0.15, 0.2) is 0 Å². The molecule has 2 aromatic carbocycles. The lowest BCUT2D eigenvalue weighted by molar-refractivity contribution is -2.00. The fraction of sp³-hybridized carbons (Fsp3) is 0.462. The molecular weight excluding hydrogens is 470 g/mol. The Bertz CT molecular complexity index is 1390. The Balaban J connectivity index is 0.000000419. The molecular formula is C26H26ClN3O5. The van der Waals surface area contributed by atoms with Gasteiger partial charge in [-0.2, -0.15) is 5.26 Å². The molecule has 35 heavy (non-hydrogen) atoms. The minimum Gasteiger partial charge on any atom is -0.455 e. The van der Waals surface area contributed by atoms with E-state index in [4.69, 9.17) is 23.4 Å². The van der Waals surface area contributed by atoms with E-state index in [1.54, 1.807) is 0 Å². The standard InChI is InChI=1S/C26H26N3O.ClHO4/c27-15-22-20-13-16-5-1-9-28-11-3-7-18(23(16)28)25(20)30-26-19-8-4-12-29-10-2-6-17(24(19)29)14-21(22)26;2-1(3,4)5/h13-14H,1-12H2;(H,2,3,4,5)/q+1;/p-1. The Hall–Kier alpha value is -2.67. The highest BCUT2D eigenvalue weighted by atomic mass is 35.7. The van der Waals surface area contributed by atoms with Crippen LogP contribution in [0, 0.1) is 21.6 Å². The third kappa shape index (κ3) is 3.88. The number of fused-ring (bicyclic) bond motifs is 4. The van der Waals surface area contributed by atoms with Crippen molar-refractivity contribution in [1.82, 2.24) is 4.58 Å². The first-order chi connectivity index (χ1) is 16.8. The average molecular weight is 496 g/mol. The lowest BCUT2D eigenvalue weighted by Gasteiger charge is -2.39. The average Bonchev–Trinajstić information content (AvgIpc) is 2.83. The Morgan fingerprint density at radius 1 is 0.857 bits per heavy atom. The molecule has 5 aliphatic heterocycles. The zero-order valence-corrected chi connectivity index (χ0v) is 20.2. The van der Waals surface area contributed by atoms with Gasteiger partial charge in [-0.1, -0.05) is 0 Å². The van der Waals surface area contributed by atoms with E-state index >= 15 is 0 Å². The van der Waals surface area contributed by atoms with Crippen LogP contribution in [0.4, 0.5) is 5.69 Å². The molecule has 0 fully saturated rings. The molecule has 0 unspecified atom stereocenters. The first kappa shape index (κ1) is 22.8. The molecule has 0 bridgehead atoms. The largest absolute Gasteiger partial charge is 0.455 e. The van der Waals surface area contributed by atoms with Gasteiger partial charge in [0.2, 0.25) is 5.36 Å². The van der Waals surface area contributed by atoms with Crippen LogP contribution in [0.25, 0.3) is 5.57 Å². The van der Waals surface area contributed by atoms with Crippen molar-refractivity contribution in [2.24, 2.45) is 0 Å². The fourth-order valence-corrected chi connectivity index (χ4v) is 6.63. The van der Waals surface area contributed by atoms with Gasteiger partial charge in [-0.05, 0) is 56.2 Å². The van der Waals surface area contributed by atoms with E-state index in [0.29, 0.717) is 0 Å². The lowest BCUT2D eigenvalue weighted by atomic mass is 9.85. The summed E-state index contributed by atoms with van der Waals surface area (Å²) in [6.45, 7) is 4.60. The minimum atomic E-state index is -4.94. The van der Waals surface area contributed by atoms with E-state index in [9.17, 15) is 5.26 Å². The molecule has 2 aromatic rings. The fourth-order valence-electron chi connectivity index (χ4n) is 6.63. The number of hydrogen-bond acceptors (Lipinski definition) is 7. The van der Waals surface area contributed by atoms with Gasteiger partial charge in [0.1, 0.15) is 30.7 Å². The Morgan fingerprint density at radius 3 is 2.26 bits per heavy atom. The zero-order valence-electron chi connectivity index (χ0n) is 19.4. The summed E-state index contributed by atoms with van der Waals surface area (Å²) in [6, 6.07) is 7.16. The van der Waals surface area contributed by atoms with Crippen molar-refractivity contribution in [3.05, 3.63) is 50.5 Å². The minimum absolute atomic E-state index is 0.828. The van der Waals surface area contributed by atoms with Gasteiger partial charge in [-0.25, -0.2) is 23.2 Å². The van der Waals surface area contributed by atoms with Gasteiger partial charge in [0, 0.05) is 53.5 Å². The molecule has 8 nitrogen and oxygen atoms in total. The Labute approximate surface area is 205 Å². The van der Waals surface area contributed by atoms with Gasteiger partial charge in [0.25, 0.3) is 0 Å². The van der Waals surface area contributed by atoms with Crippen LogP contribution in [0.2, 0.25) is 0 Å². The molecule has 0 aromatic heterocycles. The van der Waals surface area contributed by atoms with E-state index < -0.39 is 10.2 Å². The normalized spacial score (nSPS) is 19.2. The molecule has 0 aliphatic carbocycles. The number of nitrogens with zero attached hydrogens (tertiary/aromatic N) is 3. The topological polar surface area (TPSA) is 132 Å². The first-order valence-electron chi connectivity index (χ1n) is 12.3. The highest BCUT2D eigenvalue weighted by molar-refractivity contribution is 5.87. The third-order valence-electron chi connectivity index (χ3n) is 7.80. The molecule has 7 rings (SSSR count). The SMILES string of the molecule is N#CC1=c2cc3c4c(c2Oc2c1cc1c5c2CCCN5CCC1)CCC[N+]=4CCC3.[O-][Cl+3]([O-])([O-])[O-]. The molecule has 5 aliphatic rings. The van der Waals surface area contributed by atoms with Gasteiger partial charge in [0.05, 0.1) is 11.1 Å². The molecule has 0 N–H and O–H groups in total. The van der Waals surface area contributed by atoms with Gasteiger partial charge in [-0.15, -0.1) is 10.2 Å². The van der Waals surface area contributed by atoms with Gasteiger partial charge < -0.3 is 9.64 Å². The van der Waals surface area contributed by atoms with Crippen molar-refractivity contribution in [3.8, 4) is 17.6 Å². The maximum Gasteiger partial charge on any atom is 0.210 e. The van der Waals surface area contributed by atoms with E-state index in [1.807, 2.05) is 0 Å². The van der Waals surface area contributed by atoms with Crippen molar-refractivity contribution in [2.45, 2.75) is 51.4 Å². The molecule has 0 spiro atoms. The van der Waals surface area contributed by atoms with Crippen molar-refractivity contribution >= 4 is 11.3 Å². The number of benzene rings is 2. The summed E-state index contributed by atoms with van der Waals surface area (Å²) in [5.41, 5.74) is 8.82. The second-order valence-corrected chi connectivity index (χ2v) is 10.6. The maximum absolute atomic E-state index is 10.3. The van der Waals surface area contributed by atoms with Crippen LogP contribution in [0.15, 0.2) is 12.1 Å². The molecule has 0 amide bonds. The Kier molecular flexibility index (Phi) is 5.51. The van der Waals surface area contributed by atoms with Crippen molar-refractivity contribution < 1.29 is 33.6 Å². The second-order valence-electron chi connectivity index (χ2n) is 9.83. The summed E-state index contributed by atoms with van der Waals surface area (Å²) >= 11 is 0. The van der Waals surface area contributed by atoms with Crippen molar-refractivity contribution in [1.29, 1.82) is 5.26 Å². The van der Waals surface area contributed by atoms with Crippen molar-refractivity contribution in [3.63, 3.8) is 0 Å². The summed E-state index contributed by atoms with van der Waals surface area (Å²) < 4.78 is 43.4. The summed E-state index contributed by atoms with van der Waals surface area (Å²) in [7, 11) is -4.94. The molecule has 9 heteroatoms. The Morgan fingerprint density at radius 2 is 1.51 bits per heavy atom. The number of hydrogen-bond donors (Lipinski definition) is 0. The van der Waals surface area contributed by atoms with E-state index in [1.165, 1.54) is 59.0 Å². The second kappa shape index (κ2) is 8.47. The van der Waals surface area contributed by atoms with E-state index in [-0.39, 0.29) is 0 Å². The number of anilines is 1. The van der Waals surface area contributed by atoms with Crippen LogP contribution in [-0.4, -0.2) is 26.2 Å². The highest BCUT2D eigenvalue weighted by Gasteiger charge is 2.35. The predicted octanol–water partition coefficient (Wildman–Crippen LogP) is -2.16. The summed E-state index contributed by atoms with van der Waals surface area (Å²) in [5.74, 6) is 1.96. The summed E-state index contributed by atoms with van der Waals surface area (Å²) in [5, 5.41) is 12.7. The summed E-state index contributed by atoms with van der Waals surface area (Å²) in [4.78, 5) is 2.56. The molecule has 182 valence electrons. The van der Waals surface area contributed by atoms with Crippen molar-refractivity contribution in [2.75, 3.05) is 31.1 Å². The first-order valence-corrected chi connectivity index (χ1v) is 13.5. The van der Waals surface area contributed by atoms with Crippen LogP contribution in [0.5, 0.6) is 11.5 Å². The zero-order chi connectivity index (χ0) is 24.3. The highest BCUT2D eigenvalue weighted by Crippen LogP contribution is 2.47. The maximum atomic E-state index is 10.3. The third-order valence-corrected chi connectivity index (χ3v) is 7.80. The van der Waals surface area contributed by atoms with Crippen LogP contribution < -0.4 is 43.4 Å². The van der Waals surface area contributed by atoms with Crippen LogP contribution in [0.1, 0.15) is 53.5 Å². The smallest absolute Gasteiger partial charge is 0.210 e. The number of ether oxygens (including phenoxy) is 1. The lowest BCUT2D eigenvalue weighted by Crippen LogP contribution is -2.68. The number of aryl methyl sites for hydroxylation is 2. The van der Waals surface area contributed by atoms with Gasteiger partial charge >= 0.3 is 0 Å². The van der Waals surface area contributed by atoms with Gasteiger partial charge in [-0.3, -0.25) is 0 Å². The number of nitriles is 1. The number of halogens is 1. The summed E-state index contributed by atoms with van der Waals surface area (Å²) in [6.07, 6.45) is 9.10. The molecule has 0 saturated heterocycles. The predicted molar refractivity (Wildman–Crippen MR) is 117 cm³/mol. The van der Waals surface area contributed by atoms with Crippen LogP contribution in [0.3, 0.4) is 0 Å². The number of rotatable bonds is 0. The monoisotopic (exact) mass is 495 g/mol. The molecule has 0 radical (unpaired) electrons. The van der Waals surface area contributed by atoms with E-state index in [0.717, 1.165) is 79.7 Å².